The Morgan fingerprint density at radius 3 is 2.95 bits per heavy atom. The van der Waals surface area contributed by atoms with E-state index < -0.39 is 0 Å². The highest BCUT2D eigenvalue weighted by atomic mass is 16.5. The van der Waals surface area contributed by atoms with Crippen molar-refractivity contribution in [2.75, 3.05) is 7.11 Å². The third-order valence-corrected chi connectivity index (χ3v) is 4.14. The van der Waals surface area contributed by atoms with Gasteiger partial charge in [0.1, 0.15) is 11.4 Å². The van der Waals surface area contributed by atoms with E-state index in [1.54, 1.807) is 7.11 Å². The van der Waals surface area contributed by atoms with Gasteiger partial charge in [0.2, 0.25) is 0 Å². The second-order valence-corrected chi connectivity index (χ2v) is 5.31. The maximum Gasteiger partial charge on any atom is 0.140 e. The summed E-state index contributed by atoms with van der Waals surface area (Å²) in [6, 6.07) is 10.5. The van der Waals surface area contributed by atoms with E-state index in [-0.39, 0.29) is 0 Å². The number of pyridine rings is 1. The van der Waals surface area contributed by atoms with Crippen molar-refractivity contribution in [2.24, 2.45) is 0 Å². The first-order valence-electron chi connectivity index (χ1n) is 6.92. The molecule has 0 spiro atoms. The Kier molecular flexibility index (Phi) is 2.36. The van der Waals surface area contributed by atoms with Crippen LogP contribution in [0.15, 0.2) is 36.5 Å². The van der Waals surface area contributed by atoms with Gasteiger partial charge in [-0.1, -0.05) is 6.07 Å². The summed E-state index contributed by atoms with van der Waals surface area (Å²) < 4.78 is 7.55. The minimum Gasteiger partial charge on any atom is -0.497 e. The first-order chi connectivity index (χ1) is 9.78. The van der Waals surface area contributed by atoms with E-state index in [0.29, 0.717) is 0 Å². The molecule has 0 fully saturated rings. The third kappa shape index (κ3) is 1.49. The molecular formula is C17H16N2O. The zero-order valence-electron chi connectivity index (χ0n) is 11.7. The minimum absolute atomic E-state index is 0.923. The molecule has 1 aliphatic carbocycles. The highest BCUT2D eigenvalue weighted by Crippen LogP contribution is 2.35. The van der Waals surface area contributed by atoms with E-state index in [1.807, 2.05) is 6.07 Å². The number of ether oxygens (including phenoxy) is 1. The number of fused-ring (bicyclic) bond motifs is 5. The number of benzene rings is 1. The van der Waals surface area contributed by atoms with Gasteiger partial charge in [-0.2, -0.15) is 0 Å². The average Bonchev–Trinajstić information content (AvgIpc) is 2.87. The molecule has 0 radical (unpaired) electrons. The van der Waals surface area contributed by atoms with Crippen LogP contribution in [0.25, 0.3) is 16.9 Å². The van der Waals surface area contributed by atoms with Crippen LogP contribution in [0.1, 0.15) is 16.8 Å². The Labute approximate surface area is 117 Å². The number of imidazole rings is 1. The van der Waals surface area contributed by atoms with E-state index in [4.69, 9.17) is 9.72 Å². The quantitative estimate of drug-likeness (QED) is 0.673. The van der Waals surface area contributed by atoms with Crippen molar-refractivity contribution in [2.45, 2.75) is 19.8 Å². The molecule has 0 amide bonds. The van der Waals surface area contributed by atoms with Crippen LogP contribution in [0.4, 0.5) is 0 Å². The molecule has 0 aliphatic heterocycles. The van der Waals surface area contributed by atoms with Gasteiger partial charge in [0.15, 0.2) is 0 Å². The van der Waals surface area contributed by atoms with Crippen molar-refractivity contribution >= 4 is 5.65 Å². The molecule has 4 rings (SSSR count). The largest absolute Gasteiger partial charge is 0.497 e. The SMILES string of the molecule is COc1ccc2c(c1)CCc1c-2nc2c(C)cccn12. The lowest BCUT2D eigenvalue weighted by Gasteiger charge is -2.16. The van der Waals surface area contributed by atoms with Crippen molar-refractivity contribution in [3.05, 3.63) is 53.3 Å². The van der Waals surface area contributed by atoms with E-state index in [1.165, 1.54) is 22.4 Å². The summed E-state index contributed by atoms with van der Waals surface area (Å²) in [6.07, 6.45) is 4.18. The number of rotatable bonds is 1. The van der Waals surface area contributed by atoms with E-state index in [0.717, 1.165) is 29.9 Å². The third-order valence-electron chi connectivity index (χ3n) is 4.14. The fourth-order valence-electron chi connectivity index (χ4n) is 3.10. The molecule has 2 aromatic heterocycles. The van der Waals surface area contributed by atoms with Crippen LogP contribution in [0.2, 0.25) is 0 Å². The van der Waals surface area contributed by atoms with Gasteiger partial charge in [0.25, 0.3) is 0 Å². The van der Waals surface area contributed by atoms with Crippen LogP contribution < -0.4 is 4.74 Å². The van der Waals surface area contributed by atoms with Gasteiger partial charge in [0.05, 0.1) is 18.5 Å². The zero-order chi connectivity index (χ0) is 13.7. The van der Waals surface area contributed by atoms with E-state index in [9.17, 15) is 0 Å². The molecule has 3 aromatic rings. The second kappa shape index (κ2) is 4.10. The Morgan fingerprint density at radius 1 is 1.20 bits per heavy atom. The molecular weight excluding hydrogens is 248 g/mol. The molecule has 100 valence electrons. The smallest absolute Gasteiger partial charge is 0.140 e. The summed E-state index contributed by atoms with van der Waals surface area (Å²) in [5.41, 5.74) is 7.32. The van der Waals surface area contributed by atoms with Crippen molar-refractivity contribution in [3.63, 3.8) is 0 Å². The monoisotopic (exact) mass is 264 g/mol. The first-order valence-corrected chi connectivity index (χ1v) is 6.92. The van der Waals surface area contributed by atoms with Crippen LogP contribution in [0.5, 0.6) is 5.75 Å². The first kappa shape index (κ1) is 11.5. The Balaban J connectivity index is 2.00. The van der Waals surface area contributed by atoms with Gasteiger partial charge in [-0.15, -0.1) is 0 Å². The lowest BCUT2D eigenvalue weighted by molar-refractivity contribution is 0.414. The maximum atomic E-state index is 5.32. The summed E-state index contributed by atoms with van der Waals surface area (Å²) in [4.78, 5) is 4.87. The molecule has 3 nitrogen and oxygen atoms in total. The number of nitrogens with zero attached hydrogens (tertiary/aromatic N) is 2. The van der Waals surface area contributed by atoms with Crippen molar-refractivity contribution in [1.29, 1.82) is 0 Å². The molecule has 0 bridgehead atoms. The molecule has 20 heavy (non-hydrogen) atoms. The van der Waals surface area contributed by atoms with Crippen LogP contribution in [-0.2, 0) is 12.8 Å². The minimum atomic E-state index is 0.923. The standard InChI is InChI=1S/C17H16N2O/c1-11-4-3-9-19-15-8-5-12-10-13(20-2)6-7-14(12)16(15)18-17(11)19/h3-4,6-7,9-10H,5,8H2,1-2H3. The molecule has 0 unspecified atom stereocenters. The zero-order valence-corrected chi connectivity index (χ0v) is 11.7. The molecule has 0 saturated carbocycles. The van der Waals surface area contributed by atoms with Crippen LogP contribution in [0, 0.1) is 6.92 Å². The fraction of sp³-hybridized carbons (Fsp3) is 0.235. The van der Waals surface area contributed by atoms with Gasteiger partial charge in [0, 0.05) is 11.8 Å². The van der Waals surface area contributed by atoms with Crippen molar-refractivity contribution in [1.82, 2.24) is 9.38 Å². The van der Waals surface area contributed by atoms with Gasteiger partial charge in [-0.3, -0.25) is 0 Å². The fourth-order valence-corrected chi connectivity index (χ4v) is 3.10. The van der Waals surface area contributed by atoms with Crippen LogP contribution >= 0.6 is 0 Å². The molecule has 0 atom stereocenters. The predicted molar refractivity (Wildman–Crippen MR) is 79.3 cm³/mol. The lowest BCUT2D eigenvalue weighted by atomic mass is 9.92. The Morgan fingerprint density at radius 2 is 2.10 bits per heavy atom. The number of aryl methyl sites for hydroxylation is 3. The van der Waals surface area contributed by atoms with Gasteiger partial charge in [-0.25, -0.2) is 4.98 Å². The highest BCUT2D eigenvalue weighted by Gasteiger charge is 2.22. The average molecular weight is 264 g/mol. The van der Waals surface area contributed by atoms with E-state index in [2.05, 4.69) is 41.8 Å². The molecule has 0 saturated heterocycles. The summed E-state index contributed by atoms with van der Waals surface area (Å²) in [6.45, 7) is 2.11. The van der Waals surface area contributed by atoms with Crippen molar-refractivity contribution in [3.8, 4) is 17.0 Å². The number of methoxy groups -OCH3 is 1. The van der Waals surface area contributed by atoms with Crippen LogP contribution in [-0.4, -0.2) is 16.5 Å². The predicted octanol–water partition coefficient (Wildman–Crippen LogP) is 3.42. The number of aromatic nitrogens is 2. The topological polar surface area (TPSA) is 26.5 Å². The Bertz CT molecular complexity index is 817. The molecule has 0 N–H and O–H groups in total. The van der Waals surface area contributed by atoms with Gasteiger partial charge in [-0.05, 0) is 55.2 Å². The lowest BCUT2D eigenvalue weighted by Crippen LogP contribution is -2.05. The number of hydrogen-bond donors (Lipinski definition) is 0. The molecule has 2 heterocycles. The summed E-state index contributed by atoms with van der Waals surface area (Å²) in [7, 11) is 1.71. The molecule has 3 heteroatoms. The van der Waals surface area contributed by atoms with E-state index >= 15 is 0 Å². The summed E-state index contributed by atoms with van der Waals surface area (Å²) in [5, 5.41) is 0. The normalized spacial score (nSPS) is 13.1. The van der Waals surface area contributed by atoms with Crippen molar-refractivity contribution < 1.29 is 4.74 Å². The highest BCUT2D eigenvalue weighted by molar-refractivity contribution is 5.73. The Hall–Kier alpha value is -2.29. The summed E-state index contributed by atoms with van der Waals surface area (Å²) >= 11 is 0. The maximum absolute atomic E-state index is 5.32. The number of hydrogen-bond acceptors (Lipinski definition) is 2. The second-order valence-electron chi connectivity index (χ2n) is 5.31. The van der Waals surface area contributed by atoms with Gasteiger partial charge < -0.3 is 9.14 Å². The molecule has 1 aliphatic rings. The molecule has 1 aromatic carbocycles. The summed E-state index contributed by atoms with van der Waals surface area (Å²) in [5.74, 6) is 0.923. The van der Waals surface area contributed by atoms with Crippen LogP contribution in [0.3, 0.4) is 0 Å². The van der Waals surface area contributed by atoms with Gasteiger partial charge >= 0.3 is 0 Å².